The van der Waals surface area contributed by atoms with Gasteiger partial charge >= 0.3 is 0 Å². The highest BCUT2D eigenvalue weighted by atomic mass is 19.2. The third-order valence-corrected chi connectivity index (χ3v) is 7.18. The third kappa shape index (κ3) is 6.13. The summed E-state index contributed by atoms with van der Waals surface area (Å²) >= 11 is 0. The largest absolute Gasteiger partial charge is 0.497 e. The van der Waals surface area contributed by atoms with E-state index in [2.05, 4.69) is 4.98 Å². The van der Waals surface area contributed by atoms with Gasteiger partial charge in [0.25, 0.3) is 0 Å². The fourth-order valence-corrected chi connectivity index (χ4v) is 4.87. The number of likely N-dealkylation sites (tertiary alicyclic amines) is 1. The van der Waals surface area contributed by atoms with E-state index in [1.54, 1.807) is 18.2 Å². The number of alkyl halides is 1. The van der Waals surface area contributed by atoms with Crippen LogP contribution in [-0.2, 0) is 0 Å². The highest BCUT2D eigenvalue weighted by molar-refractivity contribution is 5.84. The van der Waals surface area contributed by atoms with Crippen LogP contribution >= 0.6 is 0 Å². The molecule has 1 aliphatic rings. The number of ether oxygens (including phenoxy) is 2. The molecule has 5 nitrogen and oxygen atoms in total. The normalized spacial score (nSPS) is 16.6. The van der Waals surface area contributed by atoms with Gasteiger partial charge < -0.3 is 14.6 Å². The van der Waals surface area contributed by atoms with E-state index in [0.29, 0.717) is 67.7 Å². The van der Waals surface area contributed by atoms with E-state index < -0.39 is 40.6 Å². The zero-order valence-electron chi connectivity index (χ0n) is 20.5. The lowest BCUT2D eigenvalue weighted by Crippen LogP contribution is -2.43. The average molecular weight is 525 g/mol. The molecule has 0 radical (unpaired) electrons. The van der Waals surface area contributed by atoms with Crippen molar-refractivity contribution < 1.29 is 36.5 Å². The van der Waals surface area contributed by atoms with Crippen molar-refractivity contribution in [3.63, 3.8) is 0 Å². The average Bonchev–Trinajstić information content (AvgIpc) is 2.89. The molecule has 0 bridgehead atoms. The number of rotatable bonds is 10. The lowest BCUT2D eigenvalue weighted by molar-refractivity contribution is 0.0262. The summed E-state index contributed by atoms with van der Waals surface area (Å²) in [6, 6.07) is 6.02. The minimum atomic E-state index is -1.59. The number of hydrogen-bond donors (Lipinski definition) is 1. The second-order valence-electron chi connectivity index (χ2n) is 9.46. The van der Waals surface area contributed by atoms with Crippen LogP contribution in [0, 0.1) is 28.7 Å². The molecular weight excluding hydrogens is 495 g/mol. The number of fused-ring (bicyclic) bond motifs is 1. The van der Waals surface area contributed by atoms with E-state index >= 15 is 4.39 Å². The van der Waals surface area contributed by atoms with Gasteiger partial charge in [0.15, 0.2) is 17.4 Å². The van der Waals surface area contributed by atoms with E-state index in [4.69, 9.17) is 9.47 Å². The number of benzene rings is 2. The molecule has 0 amide bonds. The maximum Gasteiger partial charge on any atom is 0.190 e. The number of methoxy groups -OCH3 is 1. The molecule has 0 saturated carbocycles. The molecule has 1 fully saturated rings. The van der Waals surface area contributed by atoms with Crippen molar-refractivity contribution in [1.82, 2.24) is 9.88 Å². The maximum absolute atomic E-state index is 15.4. The number of aliphatic hydroxyl groups excluding tert-OH is 1. The van der Waals surface area contributed by atoms with Crippen molar-refractivity contribution in [2.45, 2.75) is 31.9 Å². The molecule has 37 heavy (non-hydrogen) atoms. The third-order valence-electron chi connectivity index (χ3n) is 7.18. The van der Waals surface area contributed by atoms with Gasteiger partial charge in [-0.15, -0.1) is 0 Å². The molecule has 1 saturated heterocycles. The summed E-state index contributed by atoms with van der Waals surface area (Å²) in [5, 5.41) is 10.5. The zero-order chi connectivity index (χ0) is 26.6. The first-order valence-corrected chi connectivity index (χ1v) is 12.1. The monoisotopic (exact) mass is 524 g/mol. The van der Waals surface area contributed by atoms with Crippen LogP contribution in [0.1, 0.15) is 37.4 Å². The SMILES string of the molecule is COc1ccc2ncc(F)c(C(F)CCC3(CO)CCN(CCOc4c(F)cc(F)cc4F)CC3)c2c1. The van der Waals surface area contributed by atoms with Crippen LogP contribution < -0.4 is 9.47 Å². The Labute approximate surface area is 211 Å². The van der Waals surface area contributed by atoms with E-state index in [1.165, 1.54) is 7.11 Å². The van der Waals surface area contributed by atoms with Gasteiger partial charge in [0.1, 0.15) is 30.2 Å². The number of aliphatic hydroxyl groups is 1. The van der Waals surface area contributed by atoms with Gasteiger partial charge in [-0.2, -0.15) is 0 Å². The fraction of sp³-hybridized carbons (Fsp3) is 0.444. The Hall–Kier alpha value is -2.98. The Morgan fingerprint density at radius 3 is 2.41 bits per heavy atom. The molecule has 1 aromatic heterocycles. The van der Waals surface area contributed by atoms with Crippen molar-refractivity contribution in [3.05, 3.63) is 65.4 Å². The predicted molar refractivity (Wildman–Crippen MR) is 128 cm³/mol. The maximum atomic E-state index is 15.4. The number of piperidine rings is 1. The van der Waals surface area contributed by atoms with Crippen LogP contribution in [-0.4, -0.2) is 54.9 Å². The van der Waals surface area contributed by atoms with Gasteiger partial charge in [-0.25, -0.2) is 22.0 Å². The first-order valence-electron chi connectivity index (χ1n) is 12.1. The Morgan fingerprint density at radius 1 is 1.05 bits per heavy atom. The topological polar surface area (TPSA) is 54.8 Å². The van der Waals surface area contributed by atoms with Crippen molar-refractivity contribution in [2.24, 2.45) is 5.41 Å². The van der Waals surface area contributed by atoms with Crippen molar-refractivity contribution in [1.29, 1.82) is 0 Å². The quantitative estimate of drug-likeness (QED) is 0.343. The Balaban J connectivity index is 1.33. The minimum absolute atomic E-state index is 0.00396. The first-order chi connectivity index (χ1) is 17.7. The Morgan fingerprint density at radius 2 is 1.76 bits per heavy atom. The second-order valence-corrected chi connectivity index (χ2v) is 9.46. The van der Waals surface area contributed by atoms with Crippen molar-refractivity contribution in [3.8, 4) is 11.5 Å². The van der Waals surface area contributed by atoms with E-state index in [-0.39, 0.29) is 25.2 Å². The molecule has 3 aromatic rings. The summed E-state index contributed by atoms with van der Waals surface area (Å²) in [6.45, 7) is 1.37. The van der Waals surface area contributed by atoms with Crippen LogP contribution in [0.5, 0.6) is 11.5 Å². The van der Waals surface area contributed by atoms with Gasteiger partial charge in [0, 0.05) is 36.2 Å². The molecule has 200 valence electrons. The summed E-state index contributed by atoms with van der Waals surface area (Å²) in [5.41, 5.74) is -0.118. The molecule has 10 heteroatoms. The molecular formula is C27H29F5N2O3. The lowest BCUT2D eigenvalue weighted by Gasteiger charge is -2.41. The first kappa shape index (κ1) is 27.1. The molecule has 2 heterocycles. The summed E-state index contributed by atoms with van der Waals surface area (Å²) in [4.78, 5) is 6.05. The second kappa shape index (κ2) is 11.6. The van der Waals surface area contributed by atoms with Gasteiger partial charge in [0.2, 0.25) is 0 Å². The molecule has 2 aromatic carbocycles. The smallest absolute Gasteiger partial charge is 0.190 e. The van der Waals surface area contributed by atoms with Gasteiger partial charge in [-0.1, -0.05) is 0 Å². The van der Waals surface area contributed by atoms with Crippen LogP contribution in [0.25, 0.3) is 10.9 Å². The highest BCUT2D eigenvalue weighted by Gasteiger charge is 2.35. The summed E-state index contributed by atoms with van der Waals surface area (Å²) < 4.78 is 80.9. The Kier molecular flexibility index (Phi) is 8.49. The van der Waals surface area contributed by atoms with Crippen LogP contribution in [0.2, 0.25) is 0 Å². The van der Waals surface area contributed by atoms with E-state index in [0.717, 1.165) is 6.20 Å². The molecule has 4 rings (SSSR count). The van der Waals surface area contributed by atoms with E-state index in [1.807, 2.05) is 4.90 Å². The number of halogens is 5. The van der Waals surface area contributed by atoms with E-state index in [9.17, 15) is 22.7 Å². The number of aromatic nitrogens is 1. The van der Waals surface area contributed by atoms with Crippen LogP contribution in [0.4, 0.5) is 22.0 Å². The number of nitrogens with zero attached hydrogens (tertiary/aromatic N) is 2. The zero-order valence-corrected chi connectivity index (χ0v) is 20.5. The summed E-state index contributed by atoms with van der Waals surface area (Å²) in [7, 11) is 1.48. The van der Waals surface area contributed by atoms with Crippen molar-refractivity contribution in [2.75, 3.05) is 40.0 Å². The van der Waals surface area contributed by atoms with Crippen molar-refractivity contribution >= 4 is 10.9 Å². The van der Waals surface area contributed by atoms with Gasteiger partial charge in [-0.05, 0) is 62.4 Å². The van der Waals surface area contributed by atoms with Crippen LogP contribution in [0.3, 0.4) is 0 Å². The molecule has 1 atom stereocenters. The minimum Gasteiger partial charge on any atom is -0.497 e. The lowest BCUT2D eigenvalue weighted by atomic mass is 9.74. The predicted octanol–water partition coefficient (Wildman–Crippen LogP) is 5.74. The number of pyridine rings is 1. The van der Waals surface area contributed by atoms with Gasteiger partial charge in [0.05, 0.1) is 18.8 Å². The molecule has 1 aliphatic heterocycles. The molecule has 1 unspecified atom stereocenters. The molecule has 0 aliphatic carbocycles. The standard InChI is InChI=1S/C27H29F5N2O3/c1-36-18-2-3-24-19(14-18)25(23(32)15-33-24)20(29)4-5-27(16-35)6-8-34(9-7-27)10-11-37-26-21(30)12-17(28)13-22(26)31/h2-3,12-15,20,35H,4-11,16H2,1H3. The summed E-state index contributed by atoms with van der Waals surface area (Å²) in [6.07, 6.45) is 0.955. The number of hydrogen-bond acceptors (Lipinski definition) is 5. The fourth-order valence-electron chi connectivity index (χ4n) is 4.87. The highest BCUT2D eigenvalue weighted by Crippen LogP contribution is 2.40. The van der Waals surface area contributed by atoms with Crippen LogP contribution in [0.15, 0.2) is 36.5 Å². The van der Waals surface area contributed by atoms with Gasteiger partial charge in [-0.3, -0.25) is 9.88 Å². The Bertz CT molecular complexity index is 1210. The summed E-state index contributed by atoms with van der Waals surface area (Å²) in [5.74, 6) is -4.10. The molecule has 1 N–H and O–H groups in total. The molecule has 0 spiro atoms.